The molecule has 3 heteroatoms. The molecule has 116 valence electrons. The highest BCUT2D eigenvalue weighted by atomic mass is 16.7. The van der Waals surface area contributed by atoms with E-state index in [4.69, 9.17) is 14.2 Å². The van der Waals surface area contributed by atoms with Gasteiger partial charge in [0.05, 0.1) is 7.11 Å². The summed E-state index contributed by atoms with van der Waals surface area (Å²) in [6, 6.07) is 17.7. The summed E-state index contributed by atoms with van der Waals surface area (Å²) in [7, 11) is 3.31. The minimum absolute atomic E-state index is 0.541. The molecule has 0 fully saturated rings. The summed E-state index contributed by atoms with van der Waals surface area (Å²) in [4.78, 5) is 0. The van der Waals surface area contributed by atoms with Gasteiger partial charge in [0, 0.05) is 24.8 Å². The second-order valence-electron chi connectivity index (χ2n) is 4.75. The number of hydrogen-bond donors (Lipinski definition) is 0. The summed E-state index contributed by atoms with van der Waals surface area (Å²) >= 11 is 0. The van der Waals surface area contributed by atoms with Crippen molar-refractivity contribution < 1.29 is 14.2 Å². The van der Waals surface area contributed by atoms with E-state index in [1.165, 1.54) is 0 Å². The van der Waals surface area contributed by atoms with Gasteiger partial charge < -0.3 is 14.2 Å². The van der Waals surface area contributed by atoms with E-state index in [2.05, 4.69) is 0 Å². The molecule has 2 aromatic rings. The van der Waals surface area contributed by atoms with Gasteiger partial charge in [-0.3, -0.25) is 0 Å². The van der Waals surface area contributed by atoms with Gasteiger partial charge in [0.25, 0.3) is 0 Å². The molecule has 0 saturated heterocycles. The van der Waals surface area contributed by atoms with Crippen molar-refractivity contribution in [2.24, 2.45) is 0 Å². The van der Waals surface area contributed by atoms with Crippen LogP contribution < -0.4 is 4.74 Å². The Kier molecular flexibility index (Phi) is 5.75. The standard InChI is InChI=1S/C19H22O3/c1-4-22-19(21-3,17-11-6-5-7-12-17)15-14-16-10-8-9-13-18(16)20-2/h5-15H,4H2,1-3H3/b15-14+. The van der Waals surface area contributed by atoms with Crippen LogP contribution in [0, 0.1) is 0 Å². The van der Waals surface area contributed by atoms with Crippen LogP contribution >= 0.6 is 0 Å². The van der Waals surface area contributed by atoms with Crippen molar-refractivity contribution >= 4 is 6.08 Å². The molecule has 0 aliphatic heterocycles. The maximum atomic E-state index is 5.91. The third-order valence-electron chi connectivity index (χ3n) is 3.46. The molecule has 3 nitrogen and oxygen atoms in total. The number of para-hydroxylation sites is 1. The molecule has 2 aromatic carbocycles. The average molecular weight is 298 g/mol. The Labute approximate surface area is 132 Å². The van der Waals surface area contributed by atoms with E-state index in [1.54, 1.807) is 14.2 Å². The van der Waals surface area contributed by atoms with Crippen molar-refractivity contribution in [2.75, 3.05) is 20.8 Å². The fraction of sp³-hybridized carbons (Fsp3) is 0.263. The highest BCUT2D eigenvalue weighted by Crippen LogP contribution is 2.30. The van der Waals surface area contributed by atoms with Crippen LogP contribution in [0.15, 0.2) is 60.7 Å². The largest absolute Gasteiger partial charge is 0.496 e. The molecule has 0 aliphatic carbocycles. The zero-order valence-corrected chi connectivity index (χ0v) is 13.3. The summed E-state index contributed by atoms with van der Waals surface area (Å²) in [5.41, 5.74) is 1.92. The van der Waals surface area contributed by atoms with Crippen LogP contribution in [-0.2, 0) is 15.3 Å². The van der Waals surface area contributed by atoms with Crippen molar-refractivity contribution in [1.82, 2.24) is 0 Å². The minimum Gasteiger partial charge on any atom is -0.496 e. The molecule has 0 amide bonds. The van der Waals surface area contributed by atoms with Crippen LogP contribution in [0.2, 0.25) is 0 Å². The molecule has 22 heavy (non-hydrogen) atoms. The van der Waals surface area contributed by atoms with Crippen LogP contribution in [0.25, 0.3) is 6.08 Å². The van der Waals surface area contributed by atoms with E-state index in [0.717, 1.165) is 16.9 Å². The zero-order valence-electron chi connectivity index (χ0n) is 13.3. The van der Waals surface area contributed by atoms with E-state index in [1.807, 2.05) is 73.7 Å². The smallest absolute Gasteiger partial charge is 0.215 e. The first-order valence-electron chi connectivity index (χ1n) is 7.32. The Hall–Kier alpha value is -2.10. The third kappa shape index (κ3) is 3.56. The first-order valence-corrected chi connectivity index (χ1v) is 7.32. The van der Waals surface area contributed by atoms with Crippen molar-refractivity contribution in [3.05, 3.63) is 71.8 Å². The normalized spacial score (nSPS) is 14.0. The predicted molar refractivity (Wildman–Crippen MR) is 88.8 cm³/mol. The molecule has 0 heterocycles. The van der Waals surface area contributed by atoms with Crippen LogP contribution in [0.3, 0.4) is 0 Å². The van der Waals surface area contributed by atoms with E-state index in [9.17, 15) is 0 Å². The van der Waals surface area contributed by atoms with Gasteiger partial charge in [-0.1, -0.05) is 48.5 Å². The van der Waals surface area contributed by atoms with Gasteiger partial charge in [-0.05, 0) is 25.1 Å². The van der Waals surface area contributed by atoms with E-state index >= 15 is 0 Å². The number of hydrogen-bond acceptors (Lipinski definition) is 3. The van der Waals surface area contributed by atoms with Crippen molar-refractivity contribution in [3.8, 4) is 5.75 Å². The van der Waals surface area contributed by atoms with Crippen LogP contribution in [-0.4, -0.2) is 20.8 Å². The molecular weight excluding hydrogens is 276 g/mol. The molecule has 2 rings (SSSR count). The lowest BCUT2D eigenvalue weighted by atomic mass is 10.0. The van der Waals surface area contributed by atoms with Gasteiger partial charge in [-0.2, -0.15) is 0 Å². The van der Waals surface area contributed by atoms with E-state index < -0.39 is 5.79 Å². The molecule has 1 unspecified atom stereocenters. The van der Waals surface area contributed by atoms with E-state index in [0.29, 0.717) is 6.61 Å². The second-order valence-corrected chi connectivity index (χ2v) is 4.75. The van der Waals surface area contributed by atoms with Crippen molar-refractivity contribution in [3.63, 3.8) is 0 Å². The highest BCUT2D eigenvalue weighted by molar-refractivity contribution is 5.58. The molecule has 1 atom stereocenters. The van der Waals surface area contributed by atoms with E-state index in [-0.39, 0.29) is 0 Å². The summed E-state index contributed by atoms with van der Waals surface area (Å²) in [6.07, 6.45) is 3.88. The Balaban J connectivity index is 2.40. The lowest BCUT2D eigenvalue weighted by Gasteiger charge is -2.29. The summed E-state index contributed by atoms with van der Waals surface area (Å²) < 4.78 is 17.0. The first kappa shape index (κ1) is 16.3. The number of rotatable bonds is 7. The Bertz CT molecular complexity index is 607. The molecule has 0 aromatic heterocycles. The fourth-order valence-corrected chi connectivity index (χ4v) is 2.36. The Morgan fingerprint density at radius 2 is 1.64 bits per heavy atom. The SMILES string of the molecule is CCOC(/C=C/c1ccccc1OC)(OC)c1ccccc1. The van der Waals surface area contributed by atoms with Gasteiger partial charge >= 0.3 is 0 Å². The topological polar surface area (TPSA) is 27.7 Å². The summed E-state index contributed by atoms with van der Waals surface area (Å²) in [5.74, 6) is -0.0926. The lowest BCUT2D eigenvalue weighted by Crippen LogP contribution is -2.29. The molecular formula is C19H22O3. The average Bonchev–Trinajstić information content (AvgIpc) is 2.59. The van der Waals surface area contributed by atoms with Gasteiger partial charge in [0.2, 0.25) is 5.79 Å². The lowest BCUT2D eigenvalue weighted by molar-refractivity contribution is -0.192. The predicted octanol–water partition coefficient (Wildman–Crippen LogP) is 4.24. The molecule has 0 aliphatic rings. The van der Waals surface area contributed by atoms with Gasteiger partial charge in [0.1, 0.15) is 5.75 Å². The fourth-order valence-electron chi connectivity index (χ4n) is 2.36. The second kappa shape index (κ2) is 7.78. The number of benzene rings is 2. The Morgan fingerprint density at radius 1 is 0.955 bits per heavy atom. The Morgan fingerprint density at radius 3 is 2.27 bits per heavy atom. The summed E-state index contributed by atoms with van der Waals surface area (Å²) in [6.45, 7) is 2.49. The minimum atomic E-state index is -0.906. The quantitative estimate of drug-likeness (QED) is 0.715. The molecule has 0 radical (unpaired) electrons. The van der Waals surface area contributed by atoms with Crippen molar-refractivity contribution in [2.45, 2.75) is 12.7 Å². The monoisotopic (exact) mass is 298 g/mol. The molecule has 0 spiro atoms. The van der Waals surface area contributed by atoms with Crippen LogP contribution in [0.5, 0.6) is 5.75 Å². The maximum absolute atomic E-state index is 5.91. The van der Waals surface area contributed by atoms with Gasteiger partial charge in [0.15, 0.2) is 0 Å². The van der Waals surface area contributed by atoms with Crippen LogP contribution in [0.4, 0.5) is 0 Å². The highest BCUT2D eigenvalue weighted by Gasteiger charge is 2.29. The zero-order chi connectivity index (χ0) is 15.8. The molecule has 0 saturated carbocycles. The number of ether oxygens (including phenoxy) is 3. The molecule has 0 bridgehead atoms. The maximum Gasteiger partial charge on any atom is 0.215 e. The summed E-state index contributed by atoms with van der Waals surface area (Å²) in [5, 5.41) is 0. The van der Waals surface area contributed by atoms with Gasteiger partial charge in [-0.15, -0.1) is 0 Å². The first-order chi connectivity index (χ1) is 10.8. The molecule has 0 N–H and O–H groups in total. The third-order valence-corrected chi connectivity index (χ3v) is 3.46. The van der Waals surface area contributed by atoms with Crippen molar-refractivity contribution in [1.29, 1.82) is 0 Å². The number of methoxy groups -OCH3 is 2. The van der Waals surface area contributed by atoms with Crippen LogP contribution in [0.1, 0.15) is 18.1 Å². The van der Waals surface area contributed by atoms with Gasteiger partial charge in [-0.25, -0.2) is 0 Å².